The van der Waals surface area contributed by atoms with Crippen molar-refractivity contribution in [3.63, 3.8) is 0 Å². The number of piperidine rings is 1. The second kappa shape index (κ2) is 5.62. The summed E-state index contributed by atoms with van der Waals surface area (Å²) in [6.07, 6.45) is 1.56. The van der Waals surface area contributed by atoms with E-state index in [-0.39, 0.29) is 16.2 Å². The van der Waals surface area contributed by atoms with Gasteiger partial charge >= 0.3 is 0 Å². The molecule has 0 bridgehead atoms. The molecule has 0 aliphatic carbocycles. The second-order valence-corrected chi connectivity index (χ2v) is 8.14. The standard InChI is InChI=1S/C14H19ClFNO2S/c1-14(2)5-7-17(8-6-14)20(18,19)13-9-11(10-15)3-4-12(13)16/h3-4,9H,5-8,10H2,1-2H3. The summed E-state index contributed by atoms with van der Waals surface area (Å²) in [5, 5.41) is 0. The van der Waals surface area contributed by atoms with Gasteiger partial charge in [0.25, 0.3) is 0 Å². The van der Waals surface area contributed by atoms with Crippen LogP contribution in [0.2, 0.25) is 0 Å². The van der Waals surface area contributed by atoms with Gasteiger partial charge in [0, 0.05) is 19.0 Å². The first kappa shape index (κ1) is 15.7. The van der Waals surface area contributed by atoms with Crippen molar-refractivity contribution in [3.8, 4) is 0 Å². The number of alkyl halides is 1. The Morgan fingerprint density at radius 2 is 1.90 bits per heavy atom. The first-order chi connectivity index (χ1) is 9.26. The van der Waals surface area contributed by atoms with Crippen LogP contribution in [0.3, 0.4) is 0 Å². The molecule has 1 saturated heterocycles. The molecule has 0 unspecified atom stereocenters. The fourth-order valence-electron chi connectivity index (χ4n) is 2.30. The number of rotatable bonds is 3. The summed E-state index contributed by atoms with van der Waals surface area (Å²) in [6.45, 7) is 5.09. The van der Waals surface area contributed by atoms with Crippen molar-refractivity contribution >= 4 is 21.6 Å². The minimum absolute atomic E-state index is 0.141. The molecule has 1 aliphatic heterocycles. The molecule has 0 amide bonds. The first-order valence-electron chi connectivity index (χ1n) is 6.61. The van der Waals surface area contributed by atoms with Crippen LogP contribution in [0.1, 0.15) is 32.3 Å². The lowest BCUT2D eigenvalue weighted by Crippen LogP contribution is -2.41. The summed E-state index contributed by atoms with van der Waals surface area (Å²) in [5.74, 6) is -0.556. The van der Waals surface area contributed by atoms with E-state index in [1.165, 1.54) is 22.5 Å². The third-order valence-electron chi connectivity index (χ3n) is 3.84. The Morgan fingerprint density at radius 3 is 2.45 bits per heavy atom. The Balaban J connectivity index is 2.31. The SMILES string of the molecule is CC1(C)CCN(S(=O)(=O)c2cc(CCl)ccc2F)CC1. The number of halogens is 2. The van der Waals surface area contributed by atoms with Crippen LogP contribution in [-0.2, 0) is 15.9 Å². The van der Waals surface area contributed by atoms with Crippen molar-refractivity contribution in [2.75, 3.05) is 13.1 Å². The summed E-state index contributed by atoms with van der Waals surface area (Å²) in [4.78, 5) is -0.268. The molecule has 0 aromatic heterocycles. The first-order valence-corrected chi connectivity index (χ1v) is 8.58. The molecule has 1 fully saturated rings. The Hall–Kier alpha value is -0.650. The van der Waals surface area contributed by atoms with Crippen LogP contribution in [0.25, 0.3) is 0 Å². The predicted molar refractivity (Wildman–Crippen MR) is 77.7 cm³/mol. The number of nitrogens with zero attached hydrogens (tertiary/aromatic N) is 1. The van der Waals surface area contributed by atoms with Gasteiger partial charge in [-0.2, -0.15) is 4.31 Å². The number of hydrogen-bond donors (Lipinski definition) is 0. The fourth-order valence-corrected chi connectivity index (χ4v) is 4.02. The maximum atomic E-state index is 13.9. The molecule has 0 radical (unpaired) electrons. The van der Waals surface area contributed by atoms with Gasteiger partial charge in [0.15, 0.2) is 0 Å². The van der Waals surface area contributed by atoms with Crippen LogP contribution in [0.5, 0.6) is 0 Å². The van der Waals surface area contributed by atoms with Gasteiger partial charge in [0.1, 0.15) is 10.7 Å². The van der Waals surface area contributed by atoms with Crippen molar-refractivity contribution in [2.24, 2.45) is 5.41 Å². The predicted octanol–water partition coefficient (Wildman–Crippen LogP) is 3.38. The lowest BCUT2D eigenvalue weighted by atomic mass is 9.83. The average molecular weight is 320 g/mol. The van der Waals surface area contributed by atoms with Crippen molar-refractivity contribution in [1.29, 1.82) is 0 Å². The Bertz CT molecular complexity index is 591. The van der Waals surface area contributed by atoms with Crippen LogP contribution in [0, 0.1) is 11.2 Å². The minimum Gasteiger partial charge on any atom is -0.207 e. The molecule has 1 aromatic rings. The molecule has 3 nitrogen and oxygen atoms in total. The molecule has 0 saturated carbocycles. The molecule has 0 atom stereocenters. The molecule has 1 aliphatic rings. The Morgan fingerprint density at radius 1 is 1.30 bits per heavy atom. The molecule has 112 valence electrons. The van der Waals surface area contributed by atoms with Crippen molar-refractivity contribution < 1.29 is 12.8 Å². The summed E-state index contributed by atoms with van der Waals surface area (Å²) >= 11 is 5.69. The minimum atomic E-state index is -3.78. The zero-order chi connectivity index (χ0) is 15.0. The van der Waals surface area contributed by atoms with E-state index < -0.39 is 15.8 Å². The van der Waals surface area contributed by atoms with Gasteiger partial charge in [-0.3, -0.25) is 0 Å². The highest BCUT2D eigenvalue weighted by molar-refractivity contribution is 7.89. The van der Waals surface area contributed by atoms with E-state index >= 15 is 0 Å². The topological polar surface area (TPSA) is 37.4 Å². The van der Waals surface area contributed by atoms with Crippen LogP contribution in [0.4, 0.5) is 4.39 Å². The van der Waals surface area contributed by atoms with Crippen molar-refractivity contribution in [3.05, 3.63) is 29.6 Å². The third kappa shape index (κ3) is 3.15. The van der Waals surface area contributed by atoms with E-state index in [0.717, 1.165) is 12.8 Å². The molecule has 20 heavy (non-hydrogen) atoms. The highest BCUT2D eigenvalue weighted by atomic mass is 35.5. The highest BCUT2D eigenvalue weighted by Crippen LogP contribution is 2.33. The summed E-state index contributed by atoms with van der Waals surface area (Å²) in [6, 6.07) is 4.00. The third-order valence-corrected chi connectivity index (χ3v) is 6.07. The molecule has 0 N–H and O–H groups in total. The van der Waals surface area contributed by atoms with Gasteiger partial charge in [-0.15, -0.1) is 11.6 Å². The van der Waals surface area contributed by atoms with Gasteiger partial charge in [-0.25, -0.2) is 12.8 Å². The van der Waals surface area contributed by atoms with Gasteiger partial charge in [-0.05, 0) is 36.0 Å². The smallest absolute Gasteiger partial charge is 0.207 e. The number of hydrogen-bond acceptors (Lipinski definition) is 2. The van der Waals surface area contributed by atoms with Crippen LogP contribution in [-0.4, -0.2) is 25.8 Å². The lowest BCUT2D eigenvalue weighted by molar-refractivity contribution is 0.195. The monoisotopic (exact) mass is 319 g/mol. The molecule has 0 spiro atoms. The number of sulfonamides is 1. The van der Waals surface area contributed by atoms with E-state index in [0.29, 0.717) is 18.7 Å². The molecule has 1 heterocycles. The average Bonchev–Trinajstić information content (AvgIpc) is 2.38. The van der Waals surface area contributed by atoms with Gasteiger partial charge in [0.05, 0.1) is 0 Å². The van der Waals surface area contributed by atoms with E-state index in [9.17, 15) is 12.8 Å². The van der Waals surface area contributed by atoms with E-state index in [1.54, 1.807) is 0 Å². The lowest BCUT2D eigenvalue weighted by Gasteiger charge is -2.36. The van der Waals surface area contributed by atoms with Gasteiger partial charge < -0.3 is 0 Å². The van der Waals surface area contributed by atoms with Crippen molar-refractivity contribution in [1.82, 2.24) is 4.31 Å². The molecule has 2 rings (SSSR count). The zero-order valence-corrected chi connectivity index (χ0v) is 13.3. The van der Waals surface area contributed by atoms with E-state index in [2.05, 4.69) is 13.8 Å². The molecule has 1 aromatic carbocycles. The molecule has 6 heteroatoms. The van der Waals surface area contributed by atoms with Gasteiger partial charge in [0.2, 0.25) is 10.0 Å². The fraction of sp³-hybridized carbons (Fsp3) is 0.571. The molecular weight excluding hydrogens is 301 g/mol. The highest BCUT2D eigenvalue weighted by Gasteiger charge is 2.34. The van der Waals surface area contributed by atoms with Crippen LogP contribution in [0.15, 0.2) is 23.1 Å². The second-order valence-electron chi connectivity index (χ2n) is 5.97. The quantitative estimate of drug-likeness (QED) is 0.801. The summed E-state index contributed by atoms with van der Waals surface area (Å²) in [7, 11) is -3.78. The maximum absolute atomic E-state index is 13.9. The van der Waals surface area contributed by atoms with E-state index in [4.69, 9.17) is 11.6 Å². The Kier molecular flexibility index (Phi) is 4.42. The molecular formula is C14H19ClFNO2S. The zero-order valence-electron chi connectivity index (χ0n) is 11.7. The van der Waals surface area contributed by atoms with Crippen LogP contribution >= 0.6 is 11.6 Å². The number of benzene rings is 1. The normalized spacial score (nSPS) is 20.0. The maximum Gasteiger partial charge on any atom is 0.245 e. The van der Waals surface area contributed by atoms with E-state index in [1.807, 2.05) is 0 Å². The summed E-state index contributed by atoms with van der Waals surface area (Å²) in [5.41, 5.74) is 0.742. The van der Waals surface area contributed by atoms with Crippen LogP contribution < -0.4 is 0 Å². The summed E-state index contributed by atoms with van der Waals surface area (Å²) < 4.78 is 40.3. The Labute approximate surface area is 124 Å². The largest absolute Gasteiger partial charge is 0.245 e. The van der Waals surface area contributed by atoms with Crippen molar-refractivity contribution in [2.45, 2.75) is 37.5 Å². The van der Waals surface area contributed by atoms with Gasteiger partial charge in [-0.1, -0.05) is 19.9 Å².